The maximum Gasteiger partial charge on any atom is 0.240 e. The smallest absolute Gasteiger partial charge is 0.240 e. The van der Waals surface area contributed by atoms with Crippen molar-refractivity contribution in [1.29, 1.82) is 0 Å². The molecule has 140 valence electrons. The Morgan fingerprint density at radius 1 is 1.00 bits per heavy atom. The second-order valence-electron chi connectivity index (χ2n) is 6.63. The Bertz CT molecular complexity index is 836. The van der Waals surface area contributed by atoms with Gasteiger partial charge in [-0.2, -0.15) is 0 Å². The predicted molar refractivity (Wildman–Crippen MR) is 96.0 cm³/mol. The first-order valence-corrected chi connectivity index (χ1v) is 10.1. The fraction of sp³-hybridized carbons (Fsp3) is 0.368. The van der Waals surface area contributed by atoms with Gasteiger partial charge in [0.25, 0.3) is 0 Å². The molecule has 1 saturated heterocycles. The lowest BCUT2D eigenvalue weighted by atomic mass is 9.97. The molecule has 0 amide bonds. The van der Waals surface area contributed by atoms with Gasteiger partial charge in [0.1, 0.15) is 0 Å². The molecule has 2 aromatic carbocycles. The number of nitrogens with zero attached hydrogens (tertiary/aromatic N) is 1. The summed E-state index contributed by atoms with van der Waals surface area (Å²) >= 11 is 0. The molecule has 1 aliphatic heterocycles. The Labute approximate surface area is 152 Å². The Morgan fingerprint density at radius 3 is 2.35 bits per heavy atom. The van der Waals surface area contributed by atoms with Gasteiger partial charge >= 0.3 is 0 Å². The van der Waals surface area contributed by atoms with Crippen LogP contribution in [0.4, 0.5) is 8.78 Å². The Hall–Kier alpha value is -1.83. The molecule has 1 aliphatic rings. The van der Waals surface area contributed by atoms with Crippen LogP contribution in [-0.4, -0.2) is 33.0 Å². The van der Waals surface area contributed by atoms with Crippen LogP contribution in [0.15, 0.2) is 53.4 Å². The molecule has 4 nitrogen and oxygen atoms in total. The minimum absolute atomic E-state index is 0.238. The molecule has 1 heterocycles. The average molecular weight is 380 g/mol. The molecule has 3 rings (SSSR count). The topological polar surface area (TPSA) is 49.4 Å². The van der Waals surface area contributed by atoms with E-state index in [0.29, 0.717) is 12.6 Å². The molecule has 1 fully saturated rings. The number of piperidine rings is 1. The van der Waals surface area contributed by atoms with Crippen LogP contribution in [0, 0.1) is 17.6 Å². The summed E-state index contributed by atoms with van der Waals surface area (Å²) < 4.78 is 53.2. The fourth-order valence-corrected chi connectivity index (χ4v) is 4.27. The van der Waals surface area contributed by atoms with Gasteiger partial charge in [0.05, 0.1) is 4.90 Å². The van der Waals surface area contributed by atoms with Crippen molar-refractivity contribution in [3.8, 4) is 0 Å². The third kappa shape index (κ3) is 4.87. The summed E-state index contributed by atoms with van der Waals surface area (Å²) in [5.41, 5.74) is 1.27. The summed E-state index contributed by atoms with van der Waals surface area (Å²) in [5, 5.41) is 0. The van der Waals surface area contributed by atoms with E-state index in [9.17, 15) is 17.2 Å². The Balaban J connectivity index is 1.49. The van der Waals surface area contributed by atoms with Crippen LogP contribution in [-0.2, 0) is 16.6 Å². The summed E-state index contributed by atoms with van der Waals surface area (Å²) in [5.74, 6) is -1.99. The van der Waals surface area contributed by atoms with Gasteiger partial charge in [-0.05, 0) is 55.6 Å². The first-order valence-electron chi connectivity index (χ1n) is 8.65. The molecule has 0 spiro atoms. The molecule has 1 N–H and O–H groups in total. The second kappa shape index (κ2) is 8.24. The number of nitrogens with one attached hydrogen (secondary N) is 1. The van der Waals surface area contributed by atoms with Crippen molar-refractivity contribution in [2.45, 2.75) is 24.3 Å². The molecule has 0 aliphatic carbocycles. The Morgan fingerprint density at radius 2 is 1.69 bits per heavy atom. The fourth-order valence-electron chi connectivity index (χ4n) is 3.15. The Kier molecular flexibility index (Phi) is 6.01. The van der Waals surface area contributed by atoms with Crippen molar-refractivity contribution < 1.29 is 17.2 Å². The van der Waals surface area contributed by atoms with E-state index in [-0.39, 0.29) is 10.8 Å². The third-order valence-corrected chi connectivity index (χ3v) is 6.14. The summed E-state index contributed by atoms with van der Waals surface area (Å²) in [6.45, 7) is 3.02. The third-order valence-electron chi connectivity index (χ3n) is 4.72. The van der Waals surface area contributed by atoms with Gasteiger partial charge in [-0.25, -0.2) is 21.9 Å². The number of likely N-dealkylation sites (tertiary alicyclic amines) is 1. The van der Waals surface area contributed by atoms with E-state index in [4.69, 9.17) is 0 Å². The molecule has 0 aromatic heterocycles. The molecule has 2 aromatic rings. The summed E-state index contributed by atoms with van der Waals surface area (Å²) in [4.78, 5) is 2.10. The highest BCUT2D eigenvalue weighted by atomic mass is 32.2. The van der Waals surface area contributed by atoms with Crippen molar-refractivity contribution in [2.75, 3.05) is 19.6 Å². The standard InChI is InChI=1S/C19H22F2N2O2S/c20-18-7-6-17(12-19(18)21)26(24,25)22-13-15-8-10-23(11-9-15)14-16-4-2-1-3-5-16/h1-7,12,15,22H,8-11,13-14H2. The first kappa shape index (κ1) is 18.9. The van der Waals surface area contributed by atoms with Crippen molar-refractivity contribution in [2.24, 2.45) is 5.92 Å². The van der Waals surface area contributed by atoms with Gasteiger partial charge < -0.3 is 0 Å². The summed E-state index contributed by atoms with van der Waals surface area (Å²) in [7, 11) is -3.83. The lowest BCUT2D eigenvalue weighted by molar-refractivity contribution is 0.178. The van der Waals surface area contributed by atoms with Crippen LogP contribution in [0.25, 0.3) is 0 Å². The zero-order valence-electron chi connectivity index (χ0n) is 14.4. The number of sulfonamides is 1. The highest BCUT2D eigenvalue weighted by Gasteiger charge is 2.22. The molecule has 0 saturated carbocycles. The summed E-state index contributed by atoms with van der Waals surface area (Å²) in [6.07, 6.45) is 1.79. The number of hydrogen-bond acceptors (Lipinski definition) is 3. The minimum Gasteiger partial charge on any atom is -0.299 e. The quantitative estimate of drug-likeness (QED) is 0.838. The van der Waals surface area contributed by atoms with Crippen LogP contribution < -0.4 is 4.72 Å². The SMILES string of the molecule is O=S(=O)(NCC1CCN(Cc2ccccc2)CC1)c1ccc(F)c(F)c1. The van der Waals surface area contributed by atoms with Crippen LogP contribution in [0.3, 0.4) is 0 Å². The number of rotatable bonds is 6. The normalized spacial score (nSPS) is 16.7. The largest absolute Gasteiger partial charge is 0.299 e. The zero-order valence-corrected chi connectivity index (χ0v) is 15.2. The van der Waals surface area contributed by atoms with Gasteiger partial charge in [0.2, 0.25) is 10.0 Å². The van der Waals surface area contributed by atoms with Gasteiger partial charge in [0.15, 0.2) is 11.6 Å². The van der Waals surface area contributed by atoms with E-state index in [1.165, 1.54) is 5.56 Å². The van der Waals surface area contributed by atoms with Crippen molar-refractivity contribution in [1.82, 2.24) is 9.62 Å². The highest BCUT2D eigenvalue weighted by molar-refractivity contribution is 7.89. The van der Waals surface area contributed by atoms with Crippen LogP contribution in [0.1, 0.15) is 18.4 Å². The van der Waals surface area contributed by atoms with Crippen molar-refractivity contribution in [3.05, 3.63) is 65.7 Å². The van der Waals surface area contributed by atoms with E-state index in [1.54, 1.807) is 0 Å². The van der Waals surface area contributed by atoms with Gasteiger partial charge in [-0.15, -0.1) is 0 Å². The maximum absolute atomic E-state index is 13.3. The zero-order chi connectivity index (χ0) is 18.6. The highest BCUT2D eigenvalue weighted by Crippen LogP contribution is 2.20. The van der Waals surface area contributed by atoms with Crippen LogP contribution in [0.5, 0.6) is 0 Å². The van der Waals surface area contributed by atoms with Gasteiger partial charge in [-0.3, -0.25) is 4.90 Å². The molecular weight excluding hydrogens is 358 g/mol. The van der Waals surface area contributed by atoms with E-state index in [1.807, 2.05) is 18.2 Å². The number of hydrogen-bond donors (Lipinski definition) is 1. The second-order valence-corrected chi connectivity index (χ2v) is 8.40. The monoisotopic (exact) mass is 380 g/mol. The lowest BCUT2D eigenvalue weighted by Crippen LogP contribution is -2.38. The number of halogens is 2. The predicted octanol–water partition coefficient (Wildman–Crippen LogP) is 3.16. The summed E-state index contributed by atoms with van der Waals surface area (Å²) in [6, 6.07) is 12.8. The average Bonchev–Trinajstić information content (AvgIpc) is 2.64. The molecule has 0 atom stereocenters. The lowest BCUT2D eigenvalue weighted by Gasteiger charge is -2.32. The van der Waals surface area contributed by atoms with Crippen molar-refractivity contribution >= 4 is 10.0 Å². The molecule has 26 heavy (non-hydrogen) atoms. The molecule has 0 bridgehead atoms. The molecular formula is C19H22F2N2O2S. The van der Waals surface area contributed by atoms with Gasteiger partial charge in [-0.1, -0.05) is 30.3 Å². The van der Waals surface area contributed by atoms with E-state index >= 15 is 0 Å². The van der Waals surface area contributed by atoms with E-state index in [2.05, 4.69) is 21.8 Å². The minimum atomic E-state index is -3.83. The van der Waals surface area contributed by atoms with Crippen LogP contribution in [0.2, 0.25) is 0 Å². The molecule has 0 unspecified atom stereocenters. The van der Waals surface area contributed by atoms with E-state index in [0.717, 1.165) is 44.6 Å². The number of benzene rings is 2. The maximum atomic E-state index is 13.3. The van der Waals surface area contributed by atoms with Crippen molar-refractivity contribution in [3.63, 3.8) is 0 Å². The molecule has 0 radical (unpaired) electrons. The van der Waals surface area contributed by atoms with E-state index < -0.39 is 21.7 Å². The molecule has 7 heteroatoms. The first-order chi connectivity index (χ1) is 12.4. The van der Waals surface area contributed by atoms with Crippen LogP contribution >= 0.6 is 0 Å². The van der Waals surface area contributed by atoms with Gasteiger partial charge in [0, 0.05) is 13.1 Å².